The van der Waals surface area contributed by atoms with Crippen LogP contribution in [0.15, 0.2) is 18.2 Å². The standard InChI is InChI=1S/C17H26N2O2/c1-5-21-17(20)16-11-18-8-9-19(16)14(4)15-7-6-12(2)13(3)10-15/h6-7,10,14,16,18H,5,8-9,11H2,1-4H3. The van der Waals surface area contributed by atoms with Gasteiger partial charge in [0.05, 0.1) is 6.61 Å². The third-order valence-corrected chi connectivity index (χ3v) is 4.35. The van der Waals surface area contributed by atoms with Crippen molar-refractivity contribution in [3.8, 4) is 0 Å². The van der Waals surface area contributed by atoms with E-state index in [1.54, 1.807) is 0 Å². The Morgan fingerprint density at radius 3 is 2.86 bits per heavy atom. The summed E-state index contributed by atoms with van der Waals surface area (Å²) in [6.45, 7) is 11.1. The zero-order valence-corrected chi connectivity index (χ0v) is 13.5. The van der Waals surface area contributed by atoms with Crippen molar-refractivity contribution in [3.63, 3.8) is 0 Å². The number of hydrogen-bond donors (Lipinski definition) is 1. The normalized spacial score (nSPS) is 21.0. The van der Waals surface area contributed by atoms with Gasteiger partial charge in [0.25, 0.3) is 0 Å². The van der Waals surface area contributed by atoms with Gasteiger partial charge in [-0.05, 0) is 44.4 Å². The molecule has 1 aromatic carbocycles. The Bertz CT molecular complexity index is 502. The Morgan fingerprint density at radius 1 is 1.43 bits per heavy atom. The number of carbonyl (C=O) groups excluding carboxylic acids is 1. The van der Waals surface area contributed by atoms with Gasteiger partial charge in [-0.15, -0.1) is 0 Å². The largest absolute Gasteiger partial charge is 0.465 e. The van der Waals surface area contributed by atoms with Crippen LogP contribution in [-0.2, 0) is 9.53 Å². The van der Waals surface area contributed by atoms with Crippen LogP contribution in [0.5, 0.6) is 0 Å². The number of esters is 1. The van der Waals surface area contributed by atoms with Gasteiger partial charge in [0.1, 0.15) is 6.04 Å². The Morgan fingerprint density at radius 2 is 2.19 bits per heavy atom. The minimum atomic E-state index is -0.199. The number of rotatable bonds is 4. The van der Waals surface area contributed by atoms with E-state index in [0.717, 1.165) is 13.1 Å². The Labute approximate surface area is 127 Å². The quantitative estimate of drug-likeness (QED) is 0.863. The van der Waals surface area contributed by atoms with Crippen molar-refractivity contribution in [2.24, 2.45) is 0 Å². The van der Waals surface area contributed by atoms with E-state index in [1.807, 2.05) is 6.92 Å². The van der Waals surface area contributed by atoms with Gasteiger partial charge in [-0.3, -0.25) is 9.69 Å². The first-order valence-corrected chi connectivity index (χ1v) is 7.74. The molecule has 0 aromatic heterocycles. The Hall–Kier alpha value is -1.39. The number of nitrogens with one attached hydrogen (secondary N) is 1. The lowest BCUT2D eigenvalue weighted by molar-refractivity contribution is -0.151. The van der Waals surface area contributed by atoms with Crippen LogP contribution in [0, 0.1) is 13.8 Å². The van der Waals surface area contributed by atoms with Gasteiger partial charge >= 0.3 is 5.97 Å². The molecule has 0 bridgehead atoms. The van der Waals surface area contributed by atoms with Crippen molar-refractivity contribution in [1.82, 2.24) is 10.2 Å². The van der Waals surface area contributed by atoms with E-state index < -0.39 is 0 Å². The van der Waals surface area contributed by atoms with Gasteiger partial charge in [0, 0.05) is 25.7 Å². The number of carbonyl (C=O) groups is 1. The maximum Gasteiger partial charge on any atom is 0.324 e. The van der Waals surface area contributed by atoms with Crippen LogP contribution in [0.25, 0.3) is 0 Å². The lowest BCUT2D eigenvalue weighted by Crippen LogP contribution is -2.55. The van der Waals surface area contributed by atoms with E-state index in [-0.39, 0.29) is 18.1 Å². The van der Waals surface area contributed by atoms with E-state index in [9.17, 15) is 4.79 Å². The molecule has 4 heteroatoms. The van der Waals surface area contributed by atoms with E-state index in [2.05, 4.69) is 49.2 Å². The van der Waals surface area contributed by atoms with Gasteiger partial charge in [-0.2, -0.15) is 0 Å². The zero-order chi connectivity index (χ0) is 15.4. The summed E-state index contributed by atoms with van der Waals surface area (Å²) in [5.74, 6) is -0.125. The molecular weight excluding hydrogens is 264 g/mol. The topological polar surface area (TPSA) is 41.6 Å². The molecule has 2 rings (SSSR count). The van der Waals surface area contributed by atoms with Crippen LogP contribution in [-0.4, -0.2) is 43.2 Å². The lowest BCUT2D eigenvalue weighted by Gasteiger charge is -2.39. The smallest absolute Gasteiger partial charge is 0.324 e. The number of ether oxygens (including phenoxy) is 1. The van der Waals surface area contributed by atoms with Crippen molar-refractivity contribution >= 4 is 5.97 Å². The summed E-state index contributed by atoms with van der Waals surface area (Å²) < 4.78 is 5.22. The maximum atomic E-state index is 12.2. The van der Waals surface area contributed by atoms with E-state index in [0.29, 0.717) is 13.2 Å². The second-order valence-electron chi connectivity index (χ2n) is 5.73. The SMILES string of the molecule is CCOC(=O)C1CNCCN1C(C)c1ccc(C)c(C)c1. The molecule has 1 aliphatic heterocycles. The minimum Gasteiger partial charge on any atom is -0.465 e. The van der Waals surface area contributed by atoms with Crippen LogP contribution in [0.3, 0.4) is 0 Å². The lowest BCUT2D eigenvalue weighted by atomic mass is 9.99. The minimum absolute atomic E-state index is 0.125. The summed E-state index contributed by atoms with van der Waals surface area (Å²) in [5, 5.41) is 3.29. The summed E-state index contributed by atoms with van der Waals surface area (Å²) in [7, 11) is 0. The summed E-state index contributed by atoms with van der Waals surface area (Å²) in [6.07, 6.45) is 0. The monoisotopic (exact) mass is 290 g/mol. The molecule has 0 radical (unpaired) electrons. The molecule has 0 saturated carbocycles. The second kappa shape index (κ2) is 7.05. The van der Waals surface area contributed by atoms with Crippen molar-refractivity contribution in [2.45, 2.75) is 39.8 Å². The van der Waals surface area contributed by atoms with Gasteiger partial charge in [0.15, 0.2) is 0 Å². The molecule has 21 heavy (non-hydrogen) atoms. The maximum absolute atomic E-state index is 12.2. The third-order valence-electron chi connectivity index (χ3n) is 4.35. The number of benzene rings is 1. The van der Waals surface area contributed by atoms with Crippen LogP contribution in [0.1, 0.15) is 36.6 Å². The predicted octanol–water partition coefficient (Wildman–Crippen LogP) is 2.20. The fraction of sp³-hybridized carbons (Fsp3) is 0.588. The molecule has 0 spiro atoms. The number of piperazine rings is 1. The summed E-state index contributed by atoms with van der Waals surface area (Å²) >= 11 is 0. The molecule has 0 aliphatic carbocycles. The van der Waals surface area contributed by atoms with E-state index in [1.165, 1.54) is 16.7 Å². The van der Waals surface area contributed by atoms with Crippen molar-refractivity contribution in [2.75, 3.05) is 26.2 Å². The van der Waals surface area contributed by atoms with E-state index in [4.69, 9.17) is 4.74 Å². The summed E-state index contributed by atoms with van der Waals surface area (Å²) in [6, 6.07) is 6.56. The molecule has 116 valence electrons. The van der Waals surface area contributed by atoms with Gasteiger partial charge < -0.3 is 10.1 Å². The highest BCUT2D eigenvalue weighted by Gasteiger charge is 2.33. The molecule has 2 atom stereocenters. The highest BCUT2D eigenvalue weighted by molar-refractivity contribution is 5.76. The number of aryl methyl sites for hydroxylation is 2. The number of hydrogen-bond acceptors (Lipinski definition) is 4. The van der Waals surface area contributed by atoms with Gasteiger partial charge in [0.2, 0.25) is 0 Å². The number of nitrogens with zero attached hydrogens (tertiary/aromatic N) is 1. The van der Waals surface area contributed by atoms with E-state index >= 15 is 0 Å². The zero-order valence-electron chi connectivity index (χ0n) is 13.5. The molecule has 1 fully saturated rings. The molecule has 4 nitrogen and oxygen atoms in total. The molecule has 1 N–H and O–H groups in total. The highest BCUT2D eigenvalue weighted by Crippen LogP contribution is 2.25. The predicted molar refractivity (Wildman–Crippen MR) is 84.3 cm³/mol. The van der Waals surface area contributed by atoms with Crippen molar-refractivity contribution in [3.05, 3.63) is 34.9 Å². The molecule has 2 unspecified atom stereocenters. The Balaban J connectivity index is 2.19. The molecule has 0 amide bonds. The average Bonchev–Trinajstić information content (AvgIpc) is 2.49. The summed E-state index contributed by atoms with van der Waals surface area (Å²) in [4.78, 5) is 14.4. The molecule has 1 saturated heterocycles. The van der Waals surface area contributed by atoms with Crippen molar-refractivity contribution < 1.29 is 9.53 Å². The van der Waals surface area contributed by atoms with Crippen LogP contribution in [0.2, 0.25) is 0 Å². The fourth-order valence-corrected chi connectivity index (χ4v) is 2.86. The molecule has 1 aromatic rings. The fourth-order valence-electron chi connectivity index (χ4n) is 2.86. The van der Waals surface area contributed by atoms with Crippen molar-refractivity contribution in [1.29, 1.82) is 0 Å². The first-order chi connectivity index (χ1) is 10.0. The summed E-state index contributed by atoms with van der Waals surface area (Å²) in [5.41, 5.74) is 3.85. The van der Waals surface area contributed by atoms with Crippen LogP contribution < -0.4 is 5.32 Å². The average molecular weight is 290 g/mol. The molecule has 1 aliphatic rings. The third kappa shape index (κ3) is 3.63. The molecular formula is C17H26N2O2. The van der Waals surface area contributed by atoms with Gasteiger partial charge in [-0.1, -0.05) is 18.2 Å². The van der Waals surface area contributed by atoms with Crippen LogP contribution >= 0.6 is 0 Å². The first kappa shape index (κ1) is 16.0. The highest BCUT2D eigenvalue weighted by atomic mass is 16.5. The van der Waals surface area contributed by atoms with Crippen LogP contribution in [0.4, 0.5) is 0 Å². The second-order valence-corrected chi connectivity index (χ2v) is 5.73. The first-order valence-electron chi connectivity index (χ1n) is 7.74. The molecule has 1 heterocycles. The Kier molecular flexibility index (Phi) is 5.37. The van der Waals surface area contributed by atoms with Gasteiger partial charge in [-0.25, -0.2) is 0 Å².